The molecule has 0 atom stereocenters. The van der Waals surface area contributed by atoms with Crippen LogP contribution in [-0.4, -0.2) is 38.8 Å². The molecule has 96 valence electrons. The molecule has 5 nitrogen and oxygen atoms in total. The fourth-order valence-electron chi connectivity index (χ4n) is 1.35. The lowest BCUT2D eigenvalue weighted by Gasteiger charge is -2.06. The highest BCUT2D eigenvalue weighted by molar-refractivity contribution is 7.89. The Kier molecular flexibility index (Phi) is 6.10. The van der Waals surface area contributed by atoms with Gasteiger partial charge in [-0.15, -0.1) is 0 Å². The Hall–Kier alpha value is -0.980. The van der Waals surface area contributed by atoms with E-state index in [1.807, 2.05) is 19.1 Å². The molecule has 0 saturated carbocycles. The van der Waals surface area contributed by atoms with Crippen LogP contribution in [0.3, 0.4) is 0 Å². The zero-order valence-corrected chi connectivity index (χ0v) is 10.8. The maximum absolute atomic E-state index is 11.5. The number of hydrogen-bond acceptors (Lipinski definition) is 4. The molecule has 1 aromatic heterocycles. The summed E-state index contributed by atoms with van der Waals surface area (Å²) in [5.74, 6) is 0.119. The SMILES string of the molecule is CCNCCS(=O)(=O)NCCc1cccnc1. The third kappa shape index (κ3) is 6.35. The molecule has 0 fully saturated rings. The normalized spacial score (nSPS) is 11.6. The number of nitrogens with one attached hydrogen (secondary N) is 2. The minimum Gasteiger partial charge on any atom is -0.316 e. The van der Waals surface area contributed by atoms with Gasteiger partial charge in [0.25, 0.3) is 0 Å². The second-order valence-electron chi connectivity index (χ2n) is 3.68. The molecule has 17 heavy (non-hydrogen) atoms. The van der Waals surface area contributed by atoms with Crippen molar-refractivity contribution in [2.45, 2.75) is 13.3 Å². The van der Waals surface area contributed by atoms with Gasteiger partial charge in [0.1, 0.15) is 0 Å². The average Bonchev–Trinajstić information content (AvgIpc) is 2.30. The number of rotatable bonds is 8. The third-order valence-electron chi connectivity index (χ3n) is 2.26. The van der Waals surface area contributed by atoms with Gasteiger partial charge in [0.2, 0.25) is 10.0 Å². The Morgan fingerprint density at radius 3 is 2.82 bits per heavy atom. The number of aromatic nitrogens is 1. The minimum absolute atomic E-state index is 0.119. The van der Waals surface area contributed by atoms with Crippen molar-refractivity contribution in [2.75, 3.05) is 25.4 Å². The molecule has 0 bridgehead atoms. The number of hydrogen-bond donors (Lipinski definition) is 2. The molecule has 0 aliphatic rings. The summed E-state index contributed by atoms with van der Waals surface area (Å²) in [6, 6.07) is 3.77. The largest absolute Gasteiger partial charge is 0.316 e. The van der Waals surface area contributed by atoms with E-state index in [0.717, 1.165) is 12.1 Å². The van der Waals surface area contributed by atoms with Gasteiger partial charge in [-0.05, 0) is 24.6 Å². The molecular formula is C11H19N3O2S. The van der Waals surface area contributed by atoms with E-state index in [9.17, 15) is 8.42 Å². The molecule has 1 rings (SSSR count). The minimum atomic E-state index is -3.16. The molecule has 0 aromatic carbocycles. The topological polar surface area (TPSA) is 71.1 Å². The van der Waals surface area contributed by atoms with Crippen LogP contribution in [0.1, 0.15) is 12.5 Å². The average molecular weight is 257 g/mol. The van der Waals surface area contributed by atoms with E-state index in [2.05, 4.69) is 15.0 Å². The summed E-state index contributed by atoms with van der Waals surface area (Å²) in [6.45, 7) is 3.63. The Morgan fingerprint density at radius 2 is 2.18 bits per heavy atom. The molecule has 0 amide bonds. The van der Waals surface area contributed by atoms with Gasteiger partial charge >= 0.3 is 0 Å². The molecule has 0 aliphatic carbocycles. The maximum Gasteiger partial charge on any atom is 0.212 e. The van der Waals surface area contributed by atoms with Crippen LogP contribution in [0.5, 0.6) is 0 Å². The lowest BCUT2D eigenvalue weighted by atomic mass is 10.2. The quantitative estimate of drug-likeness (QED) is 0.651. The van der Waals surface area contributed by atoms with Crippen molar-refractivity contribution in [1.82, 2.24) is 15.0 Å². The fraction of sp³-hybridized carbons (Fsp3) is 0.545. The van der Waals surface area contributed by atoms with Crippen molar-refractivity contribution in [1.29, 1.82) is 0 Å². The highest BCUT2D eigenvalue weighted by atomic mass is 32.2. The number of pyridine rings is 1. The van der Waals surface area contributed by atoms with Crippen LogP contribution in [0, 0.1) is 0 Å². The van der Waals surface area contributed by atoms with E-state index < -0.39 is 10.0 Å². The number of nitrogens with zero attached hydrogens (tertiary/aromatic N) is 1. The molecule has 0 aliphatic heterocycles. The highest BCUT2D eigenvalue weighted by Gasteiger charge is 2.08. The first kappa shape index (κ1) is 14.1. The Labute approximate surface area is 103 Å². The van der Waals surface area contributed by atoms with Crippen LogP contribution >= 0.6 is 0 Å². The van der Waals surface area contributed by atoms with Crippen molar-refractivity contribution in [3.05, 3.63) is 30.1 Å². The van der Waals surface area contributed by atoms with Gasteiger partial charge in [0.15, 0.2) is 0 Å². The van der Waals surface area contributed by atoms with Crippen LogP contribution in [0.2, 0.25) is 0 Å². The molecule has 0 saturated heterocycles. The maximum atomic E-state index is 11.5. The molecule has 2 N–H and O–H groups in total. The zero-order valence-electron chi connectivity index (χ0n) is 10.0. The van der Waals surface area contributed by atoms with E-state index >= 15 is 0 Å². The van der Waals surface area contributed by atoms with Crippen molar-refractivity contribution >= 4 is 10.0 Å². The zero-order chi connectivity index (χ0) is 12.6. The van der Waals surface area contributed by atoms with Gasteiger partial charge < -0.3 is 5.32 Å². The van der Waals surface area contributed by atoms with Gasteiger partial charge in [0.05, 0.1) is 5.75 Å². The second kappa shape index (κ2) is 7.37. The molecule has 1 heterocycles. The highest BCUT2D eigenvalue weighted by Crippen LogP contribution is 1.96. The van der Waals surface area contributed by atoms with Crippen molar-refractivity contribution < 1.29 is 8.42 Å². The third-order valence-corrected chi connectivity index (χ3v) is 3.64. The first-order valence-corrected chi connectivity index (χ1v) is 7.36. The van der Waals surface area contributed by atoms with Gasteiger partial charge in [-0.25, -0.2) is 13.1 Å². The van der Waals surface area contributed by atoms with Crippen molar-refractivity contribution in [3.63, 3.8) is 0 Å². The Bertz CT molecular complexity index is 406. The molecular weight excluding hydrogens is 238 g/mol. The standard InChI is InChI=1S/C11H19N3O2S/c1-2-12-8-9-17(15,16)14-7-5-11-4-3-6-13-10-11/h3-4,6,10,12,14H,2,5,7-9H2,1H3. The van der Waals surface area contributed by atoms with Crippen LogP contribution in [0.4, 0.5) is 0 Å². The molecule has 0 unspecified atom stereocenters. The first-order valence-electron chi connectivity index (χ1n) is 5.71. The smallest absolute Gasteiger partial charge is 0.212 e. The predicted octanol–water partition coefficient (Wildman–Crippen LogP) is 0.153. The predicted molar refractivity (Wildman–Crippen MR) is 68.3 cm³/mol. The molecule has 1 aromatic rings. The van der Waals surface area contributed by atoms with Crippen LogP contribution in [0.15, 0.2) is 24.5 Å². The second-order valence-corrected chi connectivity index (χ2v) is 5.60. The summed E-state index contributed by atoms with van der Waals surface area (Å²) in [7, 11) is -3.16. The Morgan fingerprint density at radius 1 is 1.35 bits per heavy atom. The monoisotopic (exact) mass is 257 g/mol. The van der Waals surface area contributed by atoms with Crippen LogP contribution < -0.4 is 10.0 Å². The van der Waals surface area contributed by atoms with Crippen LogP contribution in [-0.2, 0) is 16.4 Å². The molecule has 6 heteroatoms. The van der Waals surface area contributed by atoms with Gasteiger partial charge in [-0.1, -0.05) is 13.0 Å². The summed E-state index contributed by atoms with van der Waals surface area (Å²) in [6.07, 6.45) is 4.10. The van der Waals surface area contributed by atoms with Gasteiger partial charge in [-0.2, -0.15) is 0 Å². The summed E-state index contributed by atoms with van der Waals surface area (Å²) in [4.78, 5) is 3.97. The van der Waals surface area contributed by atoms with E-state index in [0.29, 0.717) is 19.5 Å². The van der Waals surface area contributed by atoms with Gasteiger partial charge in [-0.3, -0.25) is 4.98 Å². The molecule has 0 spiro atoms. The van der Waals surface area contributed by atoms with Gasteiger partial charge in [0, 0.05) is 25.5 Å². The van der Waals surface area contributed by atoms with Crippen LogP contribution in [0.25, 0.3) is 0 Å². The summed E-state index contributed by atoms with van der Waals surface area (Å²) < 4.78 is 25.6. The first-order chi connectivity index (χ1) is 8.14. The summed E-state index contributed by atoms with van der Waals surface area (Å²) >= 11 is 0. The van der Waals surface area contributed by atoms with E-state index in [1.54, 1.807) is 12.4 Å². The van der Waals surface area contributed by atoms with E-state index in [4.69, 9.17) is 0 Å². The number of sulfonamides is 1. The summed E-state index contributed by atoms with van der Waals surface area (Å²) in [5, 5.41) is 2.98. The Balaban J connectivity index is 2.26. The van der Waals surface area contributed by atoms with E-state index in [-0.39, 0.29) is 5.75 Å². The lowest BCUT2D eigenvalue weighted by molar-refractivity contribution is 0.577. The summed E-state index contributed by atoms with van der Waals surface area (Å²) in [5.41, 5.74) is 1.03. The lowest BCUT2D eigenvalue weighted by Crippen LogP contribution is -2.33. The van der Waals surface area contributed by atoms with Crippen molar-refractivity contribution in [3.8, 4) is 0 Å². The van der Waals surface area contributed by atoms with E-state index in [1.165, 1.54) is 0 Å². The fourth-order valence-corrected chi connectivity index (χ4v) is 2.32. The molecule has 0 radical (unpaired) electrons. The van der Waals surface area contributed by atoms with Crippen molar-refractivity contribution in [2.24, 2.45) is 0 Å².